The van der Waals surface area contributed by atoms with Gasteiger partial charge in [0.15, 0.2) is 0 Å². The predicted molar refractivity (Wildman–Crippen MR) is 115 cm³/mol. The summed E-state index contributed by atoms with van der Waals surface area (Å²) < 4.78 is 1.27. The van der Waals surface area contributed by atoms with Crippen LogP contribution in [0.4, 0.5) is 0 Å². The summed E-state index contributed by atoms with van der Waals surface area (Å²) in [7, 11) is 0. The number of piperazine rings is 1. The highest BCUT2D eigenvalue weighted by Gasteiger charge is 2.20. The molecule has 1 heterocycles. The van der Waals surface area contributed by atoms with Crippen molar-refractivity contribution < 1.29 is 4.79 Å². The van der Waals surface area contributed by atoms with Gasteiger partial charge in [-0.2, -0.15) is 0 Å². The molecule has 0 unspecified atom stereocenters. The smallest absolute Gasteiger partial charge is 0.222 e. The fourth-order valence-corrected chi connectivity index (χ4v) is 3.77. The predicted octanol–water partition coefficient (Wildman–Crippen LogP) is 4.35. The Hall–Kier alpha value is -1.40. The van der Waals surface area contributed by atoms with Gasteiger partial charge in [0.1, 0.15) is 0 Å². The van der Waals surface area contributed by atoms with Crippen LogP contribution in [0.5, 0.6) is 0 Å². The summed E-state index contributed by atoms with van der Waals surface area (Å²) >= 11 is 2.34. The molecule has 1 aliphatic heterocycles. The number of unbranched alkanes of at least 4 members (excludes halogenated alkanes) is 1. The number of hydrogen-bond donors (Lipinski definition) is 0. The van der Waals surface area contributed by atoms with E-state index in [-0.39, 0.29) is 0 Å². The van der Waals surface area contributed by atoms with E-state index in [2.05, 4.69) is 76.0 Å². The van der Waals surface area contributed by atoms with E-state index in [0.717, 1.165) is 52.0 Å². The van der Waals surface area contributed by atoms with Crippen molar-refractivity contribution in [3.63, 3.8) is 0 Å². The van der Waals surface area contributed by atoms with Gasteiger partial charge in [0.2, 0.25) is 5.91 Å². The second-order valence-corrected chi connectivity index (χ2v) is 8.22. The van der Waals surface area contributed by atoms with Gasteiger partial charge in [0.25, 0.3) is 0 Å². The first-order valence-corrected chi connectivity index (χ1v) is 10.6. The number of benzene rings is 2. The van der Waals surface area contributed by atoms with Crippen molar-refractivity contribution in [1.29, 1.82) is 0 Å². The third-order valence-corrected chi connectivity index (χ3v) is 5.71. The van der Waals surface area contributed by atoms with Gasteiger partial charge in [-0.25, -0.2) is 0 Å². The zero-order chi connectivity index (χ0) is 18.2. The largest absolute Gasteiger partial charge is 0.340 e. The Labute approximate surface area is 170 Å². The zero-order valence-electron chi connectivity index (χ0n) is 15.2. The molecule has 3 nitrogen and oxygen atoms in total. The van der Waals surface area contributed by atoms with Crippen molar-refractivity contribution in [3.05, 3.63) is 69.3 Å². The summed E-state index contributed by atoms with van der Waals surface area (Å²) in [4.78, 5) is 16.9. The van der Waals surface area contributed by atoms with E-state index in [0.29, 0.717) is 12.3 Å². The van der Waals surface area contributed by atoms with Crippen molar-refractivity contribution in [3.8, 4) is 0 Å². The molecule has 1 aliphatic rings. The molecule has 2 aromatic carbocycles. The lowest BCUT2D eigenvalue weighted by molar-refractivity contribution is -0.133. The first-order chi connectivity index (χ1) is 12.7. The maximum Gasteiger partial charge on any atom is 0.222 e. The van der Waals surface area contributed by atoms with E-state index in [4.69, 9.17) is 0 Å². The third-order valence-electron chi connectivity index (χ3n) is 4.99. The fourth-order valence-electron chi connectivity index (χ4n) is 3.41. The number of amides is 1. The number of rotatable bonds is 7. The van der Waals surface area contributed by atoms with Crippen LogP contribution in [0, 0.1) is 3.57 Å². The van der Waals surface area contributed by atoms with Crippen LogP contribution in [0.3, 0.4) is 0 Å². The van der Waals surface area contributed by atoms with Crippen LogP contribution >= 0.6 is 22.6 Å². The van der Waals surface area contributed by atoms with E-state index in [9.17, 15) is 4.79 Å². The third kappa shape index (κ3) is 6.09. The summed E-state index contributed by atoms with van der Waals surface area (Å²) in [6, 6.07) is 19.2. The van der Waals surface area contributed by atoms with Gasteiger partial charge >= 0.3 is 0 Å². The maximum atomic E-state index is 12.4. The summed E-state index contributed by atoms with van der Waals surface area (Å²) in [5.74, 6) is 0.326. The Morgan fingerprint density at radius 1 is 0.846 bits per heavy atom. The van der Waals surface area contributed by atoms with E-state index in [1.807, 2.05) is 11.0 Å². The molecule has 0 saturated carbocycles. The highest BCUT2D eigenvalue weighted by atomic mass is 127. The number of hydrogen-bond acceptors (Lipinski definition) is 2. The molecule has 0 bridgehead atoms. The second kappa shape index (κ2) is 10.1. The lowest BCUT2D eigenvalue weighted by atomic mass is 10.1. The van der Waals surface area contributed by atoms with Crippen LogP contribution in [0.15, 0.2) is 54.6 Å². The first-order valence-electron chi connectivity index (χ1n) is 9.49. The summed E-state index contributed by atoms with van der Waals surface area (Å²) in [5.41, 5.74) is 2.72. The van der Waals surface area contributed by atoms with E-state index in [1.54, 1.807) is 0 Å². The van der Waals surface area contributed by atoms with E-state index < -0.39 is 0 Å². The second-order valence-electron chi connectivity index (χ2n) is 6.98. The highest BCUT2D eigenvalue weighted by Crippen LogP contribution is 2.13. The molecule has 1 saturated heterocycles. The summed E-state index contributed by atoms with van der Waals surface area (Å²) in [5, 5.41) is 0. The Bertz CT molecular complexity index is 679. The minimum absolute atomic E-state index is 0.326. The molecule has 0 aliphatic carbocycles. The van der Waals surface area contributed by atoms with E-state index >= 15 is 0 Å². The number of halogens is 1. The summed E-state index contributed by atoms with van der Waals surface area (Å²) in [6.45, 7) is 4.66. The van der Waals surface area contributed by atoms with Gasteiger partial charge in [-0.05, 0) is 65.1 Å². The first kappa shape index (κ1) is 19.4. The lowest BCUT2D eigenvalue weighted by Crippen LogP contribution is -2.48. The molecule has 2 aromatic rings. The van der Waals surface area contributed by atoms with Crippen LogP contribution in [-0.4, -0.2) is 41.9 Å². The van der Waals surface area contributed by atoms with Gasteiger partial charge < -0.3 is 4.90 Å². The average molecular weight is 462 g/mol. The van der Waals surface area contributed by atoms with Gasteiger partial charge in [-0.15, -0.1) is 0 Å². The topological polar surface area (TPSA) is 23.6 Å². The fraction of sp³-hybridized carbons (Fsp3) is 0.409. The monoisotopic (exact) mass is 462 g/mol. The molecule has 1 amide bonds. The SMILES string of the molecule is O=C(CCCCc1ccccc1)N1CCN(Cc2ccc(I)cc2)CC1. The molecule has 4 heteroatoms. The van der Waals surface area contributed by atoms with Gasteiger partial charge in [-0.1, -0.05) is 42.5 Å². The van der Waals surface area contributed by atoms with Crippen LogP contribution in [0.1, 0.15) is 30.4 Å². The molecule has 0 radical (unpaired) electrons. The van der Waals surface area contributed by atoms with Gasteiger partial charge in [0.05, 0.1) is 0 Å². The number of aryl methyl sites for hydroxylation is 1. The Morgan fingerprint density at radius 3 is 2.23 bits per heavy atom. The van der Waals surface area contributed by atoms with Crippen molar-refractivity contribution >= 4 is 28.5 Å². The van der Waals surface area contributed by atoms with Crippen LogP contribution in [0.25, 0.3) is 0 Å². The molecular formula is C22H27IN2O. The van der Waals surface area contributed by atoms with Gasteiger partial charge in [-0.3, -0.25) is 9.69 Å². The van der Waals surface area contributed by atoms with Crippen LogP contribution in [-0.2, 0) is 17.8 Å². The Balaban J connectivity index is 1.33. The molecule has 138 valence electrons. The molecule has 1 fully saturated rings. The number of carbonyl (C=O) groups is 1. The molecule has 0 N–H and O–H groups in total. The molecule has 26 heavy (non-hydrogen) atoms. The molecule has 0 aromatic heterocycles. The number of nitrogens with zero attached hydrogens (tertiary/aromatic N) is 2. The van der Waals surface area contributed by atoms with E-state index in [1.165, 1.54) is 14.7 Å². The zero-order valence-corrected chi connectivity index (χ0v) is 17.4. The quantitative estimate of drug-likeness (QED) is 0.452. The molecule has 0 spiro atoms. The minimum Gasteiger partial charge on any atom is -0.340 e. The van der Waals surface area contributed by atoms with Crippen molar-refractivity contribution in [2.45, 2.75) is 32.2 Å². The van der Waals surface area contributed by atoms with Crippen LogP contribution < -0.4 is 0 Å². The Morgan fingerprint density at radius 2 is 1.54 bits per heavy atom. The van der Waals surface area contributed by atoms with Crippen molar-refractivity contribution in [2.75, 3.05) is 26.2 Å². The molecule has 0 atom stereocenters. The minimum atomic E-state index is 0.326. The van der Waals surface area contributed by atoms with Gasteiger partial charge in [0, 0.05) is 42.7 Å². The number of carbonyl (C=O) groups excluding carboxylic acids is 1. The standard InChI is InChI=1S/C22H27IN2O/c23-21-12-10-20(11-13-21)18-24-14-16-25(17-15-24)22(26)9-5-4-8-19-6-2-1-3-7-19/h1-3,6-7,10-13H,4-5,8-9,14-18H2. The summed E-state index contributed by atoms with van der Waals surface area (Å²) in [6.07, 6.45) is 3.82. The van der Waals surface area contributed by atoms with Crippen molar-refractivity contribution in [1.82, 2.24) is 9.80 Å². The highest BCUT2D eigenvalue weighted by molar-refractivity contribution is 14.1. The molecule has 3 rings (SSSR count). The van der Waals surface area contributed by atoms with Crippen molar-refractivity contribution in [2.24, 2.45) is 0 Å². The lowest BCUT2D eigenvalue weighted by Gasteiger charge is -2.34. The van der Waals surface area contributed by atoms with Crippen LogP contribution in [0.2, 0.25) is 0 Å². The maximum absolute atomic E-state index is 12.4. The average Bonchev–Trinajstić information content (AvgIpc) is 2.68. The Kier molecular flexibility index (Phi) is 7.50. The normalized spacial score (nSPS) is 15.2. The molecular weight excluding hydrogens is 435 g/mol.